The van der Waals surface area contributed by atoms with Crippen molar-refractivity contribution < 1.29 is 9.84 Å². The van der Waals surface area contributed by atoms with Crippen LogP contribution in [0.4, 0.5) is 5.13 Å². The normalized spacial score (nSPS) is 27.2. The number of thiazole rings is 1. The van der Waals surface area contributed by atoms with Gasteiger partial charge in [-0.15, -0.1) is 11.3 Å². The number of rotatable bonds is 3. The van der Waals surface area contributed by atoms with Gasteiger partial charge in [0.25, 0.3) is 0 Å². The molecule has 0 amide bonds. The molecule has 2 rings (SSSR count). The maximum Gasteiger partial charge on any atom is 0.185 e. The number of anilines is 1. The quantitative estimate of drug-likeness (QED) is 0.899. The molecule has 1 saturated heterocycles. The highest BCUT2D eigenvalue weighted by molar-refractivity contribution is 7.13. The second-order valence-electron chi connectivity index (χ2n) is 4.72. The number of nitrogens with zero attached hydrogens (tertiary/aromatic N) is 2. The molecule has 1 aliphatic heterocycles. The second-order valence-corrected chi connectivity index (χ2v) is 5.55. The van der Waals surface area contributed by atoms with Gasteiger partial charge in [-0.3, -0.25) is 0 Å². The minimum absolute atomic E-state index is 0.280. The number of aromatic nitrogens is 1. The summed E-state index contributed by atoms with van der Waals surface area (Å²) in [6, 6.07) is 0. The third-order valence-electron chi connectivity index (χ3n) is 3.40. The number of hydrogen-bond acceptors (Lipinski definition) is 5. The van der Waals surface area contributed by atoms with E-state index in [9.17, 15) is 5.11 Å². The predicted octanol–water partition coefficient (Wildman–Crippen LogP) is 2.06. The fourth-order valence-corrected chi connectivity index (χ4v) is 3.08. The molecular formula is C12H20N2O2S. The van der Waals surface area contributed by atoms with E-state index in [0.717, 1.165) is 30.3 Å². The Labute approximate surface area is 106 Å². The maximum absolute atomic E-state index is 9.48. The van der Waals surface area contributed by atoms with Crippen molar-refractivity contribution in [3.63, 3.8) is 0 Å². The van der Waals surface area contributed by atoms with Crippen LogP contribution in [0.25, 0.3) is 0 Å². The van der Waals surface area contributed by atoms with E-state index in [0.29, 0.717) is 5.92 Å². The van der Waals surface area contributed by atoms with Crippen LogP contribution >= 0.6 is 11.3 Å². The first kappa shape index (κ1) is 12.8. The number of piperidine rings is 1. The third kappa shape index (κ3) is 2.78. The van der Waals surface area contributed by atoms with E-state index in [1.807, 2.05) is 5.38 Å². The largest absolute Gasteiger partial charge is 0.387 e. The van der Waals surface area contributed by atoms with Gasteiger partial charge in [-0.1, -0.05) is 6.92 Å². The van der Waals surface area contributed by atoms with Gasteiger partial charge in [0, 0.05) is 25.6 Å². The van der Waals surface area contributed by atoms with Gasteiger partial charge in [0.05, 0.1) is 17.9 Å². The summed E-state index contributed by atoms with van der Waals surface area (Å²) in [6.45, 7) is 5.89. The summed E-state index contributed by atoms with van der Waals surface area (Å²) in [4.78, 5) is 6.72. The SMILES string of the molecule is COC1CN(c2nc(C(C)O)cs2)CCC1C. The lowest BCUT2D eigenvalue weighted by molar-refractivity contribution is 0.0498. The minimum Gasteiger partial charge on any atom is -0.387 e. The highest BCUT2D eigenvalue weighted by Crippen LogP contribution is 2.28. The van der Waals surface area contributed by atoms with Gasteiger partial charge in [0.1, 0.15) is 0 Å². The van der Waals surface area contributed by atoms with Gasteiger partial charge in [-0.05, 0) is 19.3 Å². The first-order valence-corrected chi connectivity index (χ1v) is 6.91. The first-order chi connectivity index (χ1) is 8.11. The summed E-state index contributed by atoms with van der Waals surface area (Å²) >= 11 is 1.60. The molecule has 0 aromatic carbocycles. The van der Waals surface area contributed by atoms with Crippen LogP contribution in [0.3, 0.4) is 0 Å². The van der Waals surface area contributed by atoms with Gasteiger partial charge in [-0.25, -0.2) is 4.98 Å². The Morgan fingerprint density at radius 1 is 1.65 bits per heavy atom. The molecule has 2 heterocycles. The molecule has 1 aromatic rings. The summed E-state index contributed by atoms with van der Waals surface area (Å²) in [6.07, 6.45) is 0.923. The van der Waals surface area contributed by atoms with Gasteiger partial charge in [0.2, 0.25) is 0 Å². The Kier molecular flexibility index (Phi) is 4.01. The molecule has 4 nitrogen and oxygen atoms in total. The zero-order valence-electron chi connectivity index (χ0n) is 10.6. The maximum atomic E-state index is 9.48. The topological polar surface area (TPSA) is 45.6 Å². The molecule has 1 fully saturated rings. The standard InChI is InChI=1S/C12H20N2O2S/c1-8-4-5-14(6-11(8)16-3)12-13-10(7-17-12)9(2)15/h7-9,11,15H,4-6H2,1-3H3. The van der Waals surface area contributed by atoms with Gasteiger partial charge < -0.3 is 14.7 Å². The molecule has 1 aromatic heterocycles. The van der Waals surface area contributed by atoms with Crippen LogP contribution in [-0.4, -0.2) is 36.4 Å². The zero-order valence-corrected chi connectivity index (χ0v) is 11.4. The Morgan fingerprint density at radius 3 is 3.00 bits per heavy atom. The van der Waals surface area contributed by atoms with Crippen molar-refractivity contribution in [3.8, 4) is 0 Å². The molecule has 0 aliphatic carbocycles. The molecule has 0 spiro atoms. The van der Waals surface area contributed by atoms with Crippen LogP contribution < -0.4 is 4.90 Å². The number of methoxy groups -OCH3 is 1. The van der Waals surface area contributed by atoms with E-state index >= 15 is 0 Å². The molecule has 17 heavy (non-hydrogen) atoms. The average Bonchev–Trinajstić information content (AvgIpc) is 2.79. The Hall–Kier alpha value is -0.650. The minimum atomic E-state index is -0.484. The van der Waals surface area contributed by atoms with E-state index in [4.69, 9.17) is 4.74 Å². The number of ether oxygens (including phenoxy) is 1. The third-order valence-corrected chi connectivity index (χ3v) is 4.32. The summed E-state index contributed by atoms with van der Waals surface area (Å²) in [5.74, 6) is 0.604. The van der Waals surface area contributed by atoms with E-state index in [-0.39, 0.29) is 6.10 Å². The highest BCUT2D eigenvalue weighted by Gasteiger charge is 2.27. The molecule has 3 unspecified atom stereocenters. The lowest BCUT2D eigenvalue weighted by atomic mass is 9.96. The van der Waals surface area contributed by atoms with Crippen molar-refractivity contribution in [1.82, 2.24) is 4.98 Å². The lowest BCUT2D eigenvalue weighted by Gasteiger charge is -2.36. The Bertz CT molecular complexity index is 367. The fraction of sp³-hybridized carbons (Fsp3) is 0.750. The summed E-state index contributed by atoms with van der Waals surface area (Å²) in [5, 5.41) is 12.4. The summed E-state index contributed by atoms with van der Waals surface area (Å²) in [5.41, 5.74) is 0.762. The molecular weight excluding hydrogens is 236 g/mol. The van der Waals surface area contributed by atoms with Crippen LogP contribution in [0.2, 0.25) is 0 Å². The molecule has 0 radical (unpaired) electrons. The molecule has 96 valence electrons. The number of hydrogen-bond donors (Lipinski definition) is 1. The van der Waals surface area contributed by atoms with Crippen molar-refractivity contribution in [2.24, 2.45) is 5.92 Å². The monoisotopic (exact) mass is 256 g/mol. The molecule has 1 N–H and O–H groups in total. The number of aliphatic hydroxyl groups is 1. The van der Waals surface area contributed by atoms with E-state index < -0.39 is 6.10 Å². The summed E-state index contributed by atoms with van der Waals surface area (Å²) < 4.78 is 5.50. The van der Waals surface area contributed by atoms with Crippen LogP contribution in [-0.2, 0) is 4.74 Å². The van der Waals surface area contributed by atoms with Crippen molar-refractivity contribution in [2.75, 3.05) is 25.1 Å². The zero-order chi connectivity index (χ0) is 12.4. The van der Waals surface area contributed by atoms with Crippen molar-refractivity contribution >= 4 is 16.5 Å². The Morgan fingerprint density at radius 2 is 2.41 bits per heavy atom. The van der Waals surface area contributed by atoms with Crippen LogP contribution in [0.1, 0.15) is 32.1 Å². The lowest BCUT2D eigenvalue weighted by Crippen LogP contribution is -2.43. The van der Waals surface area contributed by atoms with Crippen molar-refractivity contribution in [1.29, 1.82) is 0 Å². The summed E-state index contributed by atoms with van der Waals surface area (Å²) in [7, 11) is 1.77. The van der Waals surface area contributed by atoms with E-state index in [2.05, 4.69) is 16.8 Å². The van der Waals surface area contributed by atoms with Crippen molar-refractivity contribution in [2.45, 2.75) is 32.5 Å². The number of aliphatic hydroxyl groups excluding tert-OH is 1. The van der Waals surface area contributed by atoms with Crippen LogP contribution in [0.5, 0.6) is 0 Å². The highest BCUT2D eigenvalue weighted by atomic mass is 32.1. The van der Waals surface area contributed by atoms with Gasteiger partial charge in [0.15, 0.2) is 5.13 Å². The Balaban J connectivity index is 2.06. The van der Waals surface area contributed by atoms with Gasteiger partial charge in [-0.2, -0.15) is 0 Å². The molecule has 3 atom stereocenters. The fourth-order valence-electron chi connectivity index (χ4n) is 2.13. The smallest absolute Gasteiger partial charge is 0.185 e. The first-order valence-electron chi connectivity index (χ1n) is 6.03. The van der Waals surface area contributed by atoms with E-state index in [1.165, 1.54) is 0 Å². The van der Waals surface area contributed by atoms with Gasteiger partial charge >= 0.3 is 0 Å². The average molecular weight is 256 g/mol. The predicted molar refractivity (Wildman–Crippen MR) is 69.5 cm³/mol. The molecule has 0 saturated carbocycles. The van der Waals surface area contributed by atoms with Crippen LogP contribution in [0, 0.1) is 5.92 Å². The van der Waals surface area contributed by atoms with Crippen LogP contribution in [0.15, 0.2) is 5.38 Å². The molecule has 5 heteroatoms. The van der Waals surface area contributed by atoms with E-state index in [1.54, 1.807) is 25.4 Å². The molecule has 1 aliphatic rings. The molecule has 0 bridgehead atoms. The second kappa shape index (κ2) is 5.33. The van der Waals surface area contributed by atoms with Crippen molar-refractivity contribution in [3.05, 3.63) is 11.1 Å².